The van der Waals surface area contributed by atoms with Gasteiger partial charge in [0.05, 0.1) is 0 Å². The highest BCUT2D eigenvalue weighted by atomic mass is 16.4. The van der Waals surface area contributed by atoms with Gasteiger partial charge >= 0.3 is 11.9 Å². The molecule has 0 fully saturated rings. The number of amides is 1. The summed E-state index contributed by atoms with van der Waals surface area (Å²) in [7, 11) is 0. The number of aliphatic carboxylic acids is 1. The average Bonchev–Trinajstić information content (AvgIpc) is 1.85. The number of carboxylic acid groups (broad SMARTS) is 1. The zero-order valence-corrected chi connectivity index (χ0v) is 7.87. The first-order valence-corrected chi connectivity index (χ1v) is 3.93. The summed E-state index contributed by atoms with van der Waals surface area (Å²) < 4.78 is 0. The molecule has 0 aromatic carbocycles. The molecule has 0 aliphatic heterocycles. The Balaban J connectivity index is 4.52. The van der Waals surface area contributed by atoms with Gasteiger partial charge in [0, 0.05) is 12.1 Å². The Morgan fingerprint density at radius 1 is 1.08 bits per heavy atom. The number of carboxylic acids is 1. The molecule has 4 heteroatoms. The molecule has 0 aromatic rings. The number of rotatable bonds is 2. The highest BCUT2D eigenvalue weighted by molar-refractivity contribution is 6.31. The van der Waals surface area contributed by atoms with E-state index in [1.807, 2.05) is 0 Å². The van der Waals surface area contributed by atoms with E-state index in [2.05, 4.69) is 0 Å². The van der Waals surface area contributed by atoms with Crippen LogP contribution in [-0.2, 0) is 9.59 Å². The maximum absolute atomic E-state index is 11.1. The molecule has 12 heavy (non-hydrogen) atoms. The first-order chi connectivity index (χ1) is 5.37. The second-order valence-electron chi connectivity index (χ2n) is 3.21. The zero-order valence-electron chi connectivity index (χ0n) is 7.87. The van der Waals surface area contributed by atoms with Gasteiger partial charge in [-0.3, -0.25) is 4.79 Å². The lowest BCUT2D eigenvalue weighted by Crippen LogP contribution is -2.45. The van der Waals surface area contributed by atoms with Crippen molar-refractivity contribution in [2.24, 2.45) is 0 Å². The highest BCUT2D eigenvalue weighted by Crippen LogP contribution is 2.04. The predicted octanol–water partition coefficient (Wildman–Crippen LogP) is 0.716. The minimum atomic E-state index is -1.39. The maximum Gasteiger partial charge on any atom is 0.394 e. The molecule has 0 saturated carbocycles. The van der Waals surface area contributed by atoms with Crippen molar-refractivity contribution in [1.82, 2.24) is 4.90 Å². The minimum absolute atomic E-state index is 0.0754. The third-order valence-electron chi connectivity index (χ3n) is 1.53. The molecule has 0 spiro atoms. The first kappa shape index (κ1) is 10.9. The van der Waals surface area contributed by atoms with Gasteiger partial charge < -0.3 is 10.0 Å². The van der Waals surface area contributed by atoms with Crippen LogP contribution >= 0.6 is 0 Å². The van der Waals surface area contributed by atoms with Crippen molar-refractivity contribution in [3.05, 3.63) is 0 Å². The van der Waals surface area contributed by atoms with Crippen LogP contribution < -0.4 is 0 Å². The van der Waals surface area contributed by atoms with Crippen LogP contribution in [0.4, 0.5) is 0 Å². The monoisotopic (exact) mass is 173 g/mol. The van der Waals surface area contributed by atoms with Gasteiger partial charge in [-0.15, -0.1) is 0 Å². The Bertz CT molecular complexity index is 179. The number of nitrogens with zero attached hydrogens (tertiary/aromatic N) is 1. The van der Waals surface area contributed by atoms with Crippen LogP contribution in [-0.4, -0.2) is 34.0 Å². The van der Waals surface area contributed by atoms with E-state index in [4.69, 9.17) is 5.11 Å². The fourth-order valence-corrected chi connectivity index (χ4v) is 1.18. The Morgan fingerprint density at radius 2 is 1.42 bits per heavy atom. The van der Waals surface area contributed by atoms with E-state index in [0.29, 0.717) is 0 Å². The average molecular weight is 173 g/mol. The van der Waals surface area contributed by atoms with Crippen molar-refractivity contribution in [3.63, 3.8) is 0 Å². The standard InChI is InChI=1S/C8H15NO3/c1-5(2)9(6(3)4)7(10)8(11)12/h5-6H,1-4H3,(H,11,12). The molecular weight excluding hydrogens is 158 g/mol. The molecule has 0 aliphatic rings. The molecule has 0 atom stereocenters. The van der Waals surface area contributed by atoms with E-state index in [9.17, 15) is 9.59 Å². The molecule has 4 nitrogen and oxygen atoms in total. The molecule has 0 saturated heterocycles. The van der Waals surface area contributed by atoms with Crippen molar-refractivity contribution < 1.29 is 14.7 Å². The molecule has 70 valence electrons. The largest absolute Gasteiger partial charge is 0.474 e. The molecule has 0 unspecified atom stereocenters. The lowest BCUT2D eigenvalue weighted by atomic mass is 10.2. The summed E-state index contributed by atoms with van der Waals surface area (Å²) in [5, 5.41) is 8.46. The molecule has 0 bridgehead atoms. The summed E-state index contributed by atoms with van der Waals surface area (Å²) in [5.41, 5.74) is 0. The molecule has 0 aromatic heterocycles. The van der Waals surface area contributed by atoms with Crippen LogP contribution in [0.5, 0.6) is 0 Å². The van der Waals surface area contributed by atoms with E-state index in [-0.39, 0.29) is 12.1 Å². The molecule has 0 rings (SSSR count). The third kappa shape index (κ3) is 2.53. The molecular formula is C8H15NO3. The van der Waals surface area contributed by atoms with Crippen molar-refractivity contribution in [1.29, 1.82) is 0 Å². The second-order valence-corrected chi connectivity index (χ2v) is 3.21. The zero-order chi connectivity index (χ0) is 9.89. The van der Waals surface area contributed by atoms with Gasteiger partial charge in [0.15, 0.2) is 0 Å². The van der Waals surface area contributed by atoms with Gasteiger partial charge in [0.2, 0.25) is 0 Å². The maximum atomic E-state index is 11.1. The molecule has 0 heterocycles. The van der Waals surface area contributed by atoms with Crippen molar-refractivity contribution in [3.8, 4) is 0 Å². The van der Waals surface area contributed by atoms with Gasteiger partial charge in [0.25, 0.3) is 0 Å². The van der Waals surface area contributed by atoms with Crippen LogP contribution in [0.15, 0.2) is 0 Å². The fraction of sp³-hybridized carbons (Fsp3) is 0.750. The van der Waals surface area contributed by atoms with Crippen LogP contribution in [0.25, 0.3) is 0 Å². The molecule has 1 N–H and O–H groups in total. The summed E-state index contributed by atoms with van der Waals surface area (Å²) in [6.45, 7) is 7.17. The van der Waals surface area contributed by atoms with Crippen molar-refractivity contribution in [2.45, 2.75) is 39.8 Å². The van der Waals surface area contributed by atoms with Crippen molar-refractivity contribution in [2.75, 3.05) is 0 Å². The van der Waals surface area contributed by atoms with Crippen molar-refractivity contribution >= 4 is 11.9 Å². The number of hydrogen-bond acceptors (Lipinski definition) is 2. The number of hydrogen-bond donors (Lipinski definition) is 1. The predicted molar refractivity (Wildman–Crippen MR) is 44.8 cm³/mol. The van der Waals surface area contributed by atoms with Crippen LogP contribution in [0.1, 0.15) is 27.7 Å². The SMILES string of the molecule is CC(C)N(C(=O)C(=O)O)C(C)C. The lowest BCUT2D eigenvalue weighted by molar-refractivity contribution is -0.158. The summed E-state index contributed by atoms with van der Waals surface area (Å²) in [6.07, 6.45) is 0. The Labute approximate surface area is 72.2 Å². The van der Waals surface area contributed by atoms with Gasteiger partial charge in [-0.2, -0.15) is 0 Å². The topological polar surface area (TPSA) is 57.6 Å². The normalized spacial score (nSPS) is 10.5. The summed E-state index contributed by atoms with van der Waals surface area (Å²) in [5.74, 6) is -2.22. The summed E-state index contributed by atoms with van der Waals surface area (Å²) in [4.78, 5) is 22.7. The van der Waals surface area contributed by atoms with E-state index in [0.717, 1.165) is 0 Å². The quantitative estimate of drug-likeness (QED) is 0.626. The number of carbonyl (C=O) groups excluding carboxylic acids is 1. The van der Waals surface area contributed by atoms with E-state index < -0.39 is 11.9 Å². The molecule has 0 aliphatic carbocycles. The molecule has 1 amide bonds. The first-order valence-electron chi connectivity index (χ1n) is 3.93. The van der Waals surface area contributed by atoms with Gasteiger partial charge in [-0.05, 0) is 27.7 Å². The Morgan fingerprint density at radius 3 is 1.50 bits per heavy atom. The van der Waals surface area contributed by atoms with E-state index >= 15 is 0 Å². The van der Waals surface area contributed by atoms with E-state index in [1.54, 1.807) is 27.7 Å². The highest BCUT2D eigenvalue weighted by Gasteiger charge is 2.25. The fourth-order valence-electron chi connectivity index (χ4n) is 1.18. The lowest BCUT2D eigenvalue weighted by Gasteiger charge is -2.28. The smallest absolute Gasteiger partial charge is 0.394 e. The van der Waals surface area contributed by atoms with Gasteiger partial charge in [0.1, 0.15) is 0 Å². The Hall–Kier alpha value is -1.06. The Kier molecular flexibility index (Phi) is 3.73. The minimum Gasteiger partial charge on any atom is -0.474 e. The number of carbonyl (C=O) groups is 2. The third-order valence-corrected chi connectivity index (χ3v) is 1.53. The summed E-state index contributed by atoms with van der Waals surface area (Å²) >= 11 is 0. The second kappa shape index (κ2) is 4.09. The van der Waals surface area contributed by atoms with Crippen LogP contribution in [0, 0.1) is 0 Å². The van der Waals surface area contributed by atoms with E-state index in [1.165, 1.54) is 4.90 Å². The van der Waals surface area contributed by atoms with Crippen LogP contribution in [0.3, 0.4) is 0 Å². The van der Waals surface area contributed by atoms with Crippen LogP contribution in [0.2, 0.25) is 0 Å². The summed E-state index contributed by atoms with van der Waals surface area (Å²) in [6, 6.07) is -0.151. The molecule has 0 radical (unpaired) electrons. The van der Waals surface area contributed by atoms with Gasteiger partial charge in [-0.25, -0.2) is 4.79 Å². The van der Waals surface area contributed by atoms with Gasteiger partial charge in [-0.1, -0.05) is 0 Å².